The zero-order valence-electron chi connectivity index (χ0n) is 6.74. The third-order valence-electron chi connectivity index (χ3n) is 1.41. The topological polar surface area (TPSA) is 0 Å². The Hall–Kier alpha value is -0.0600. The summed E-state index contributed by atoms with van der Waals surface area (Å²) in [4.78, 5) is 0. The van der Waals surface area contributed by atoms with Gasteiger partial charge in [0.05, 0.1) is 0 Å². The second kappa shape index (κ2) is 4.64. The highest BCUT2D eigenvalue weighted by atomic mass is 35.5. The van der Waals surface area contributed by atoms with E-state index in [0.29, 0.717) is 10.6 Å². The molecule has 0 fully saturated rings. The van der Waals surface area contributed by atoms with Crippen molar-refractivity contribution in [3.8, 4) is 0 Å². The predicted molar refractivity (Wildman–Crippen MR) is 53.8 cm³/mol. The first-order valence-corrected chi connectivity index (χ1v) is 5.27. The van der Waals surface area contributed by atoms with E-state index < -0.39 is 5.51 Å². The average Bonchev–Trinajstić information content (AvgIpc) is 2.00. The number of halogens is 5. The smallest absolute Gasteiger partial charge is 0.160 e. The summed E-state index contributed by atoms with van der Waals surface area (Å²) >= 11 is 11.2. The molecule has 0 atom stereocenters. The molecule has 0 saturated heterocycles. The first-order valence-electron chi connectivity index (χ1n) is 3.53. The maximum absolute atomic E-state index is 11.8. The monoisotopic (exact) mass is 260 g/mol. The van der Waals surface area contributed by atoms with Gasteiger partial charge >= 0.3 is 5.51 Å². The van der Waals surface area contributed by atoms with Crippen LogP contribution >= 0.6 is 35.0 Å². The minimum atomic E-state index is -4.23. The molecule has 1 aromatic rings. The van der Waals surface area contributed by atoms with Crippen LogP contribution in [0.1, 0.15) is 5.56 Å². The van der Waals surface area contributed by atoms with Crippen molar-refractivity contribution in [1.82, 2.24) is 0 Å². The highest BCUT2D eigenvalue weighted by molar-refractivity contribution is 7.99. The summed E-state index contributed by atoms with van der Waals surface area (Å²) in [6.07, 6.45) is 0. The molecule has 0 radical (unpaired) electrons. The lowest BCUT2D eigenvalue weighted by Gasteiger charge is -2.06. The molecule has 1 rings (SSSR count). The molecule has 1 aromatic carbocycles. The van der Waals surface area contributed by atoms with Crippen LogP contribution in [0.2, 0.25) is 10.0 Å². The average molecular weight is 261 g/mol. The molecule has 0 aromatic heterocycles. The minimum absolute atomic E-state index is 0.121. The summed E-state index contributed by atoms with van der Waals surface area (Å²) in [5, 5.41) is 0.671. The quantitative estimate of drug-likeness (QED) is 0.740. The van der Waals surface area contributed by atoms with Crippen molar-refractivity contribution >= 4 is 35.0 Å². The van der Waals surface area contributed by atoms with Crippen molar-refractivity contribution in [1.29, 1.82) is 0 Å². The first kappa shape index (κ1) is 12.0. The van der Waals surface area contributed by atoms with Crippen LogP contribution in [-0.4, -0.2) is 5.51 Å². The fourth-order valence-corrected chi connectivity index (χ4v) is 1.92. The zero-order chi connectivity index (χ0) is 10.8. The molecule has 0 N–H and O–H groups in total. The van der Waals surface area contributed by atoms with Gasteiger partial charge in [-0.05, 0) is 29.5 Å². The molecule has 0 saturated carbocycles. The molecule has 0 aliphatic rings. The van der Waals surface area contributed by atoms with Crippen molar-refractivity contribution in [2.45, 2.75) is 11.3 Å². The lowest BCUT2D eigenvalue weighted by Crippen LogP contribution is -2.00. The summed E-state index contributed by atoms with van der Waals surface area (Å²) in [6, 6.07) is 4.43. The Labute approximate surface area is 93.4 Å². The van der Waals surface area contributed by atoms with Crippen LogP contribution in [0.4, 0.5) is 13.2 Å². The van der Waals surface area contributed by atoms with E-state index in [0.717, 1.165) is 0 Å². The maximum atomic E-state index is 11.8. The van der Waals surface area contributed by atoms with Crippen molar-refractivity contribution in [2.75, 3.05) is 0 Å². The van der Waals surface area contributed by atoms with Gasteiger partial charge in [-0.25, -0.2) is 0 Å². The van der Waals surface area contributed by atoms with Gasteiger partial charge in [0, 0.05) is 15.8 Å². The van der Waals surface area contributed by atoms with Crippen LogP contribution in [-0.2, 0) is 5.75 Å². The fourth-order valence-electron chi connectivity index (χ4n) is 0.798. The normalized spacial score (nSPS) is 11.8. The van der Waals surface area contributed by atoms with Gasteiger partial charge in [-0.15, -0.1) is 0 Å². The van der Waals surface area contributed by atoms with Crippen molar-refractivity contribution in [3.63, 3.8) is 0 Å². The molecule has 0 heterocycles. The Morgan fingerprint density at radius 2 is 1.86 bits per heavy atom. The van der Waals surface area contributed by atoms with Gasteiger partial charge in [0.15, 0.2) is 0 Å². The Bertz CT molecular complexity index is 325. The van der Waals surface area contributed by atoms with Crippen LogP contribution < -0.4 is 0 Å². The van der Waals surface area contributed by atoms with Crippen LogP contribution in [0.25, 0.3) is 0 Å². The molecule has 0 unspecified atom stereocenters. The zero-order valence-corrected chi connectivity index (χ0v) is 9.07. The summed E-state index contributed by atoms with van der Waals surface area (Å²) in [5.41, 5.74) is -3.80. The van der Waals surface area contributed by atoms with Crippen LogP contribution in [0.15, 0.2) is 18.2 Å². The summed E-state index contributed by atoms with van der Waals surface area (Å²) in [5.74, 6) is -0.195. The van der Waals surface area contributed by atoms with E-state index >= 15 is 0 Å². The third-order valence-corrected chi connectivity index (χ3v) is 2.78. The number of hydrogen-bond acceptors (Lipinski definition) is 1. The van der Waals surface area contributed by atoms with Crippen LogP contribution in [0.5, 0.6) is 0 Å². The number of hydrogen-bond donors (Lipinski definition) is 0. The SMILES string of the molecule is FC(F)(F)SCc1ccc(Cl)cc1Cl. The molecule has 0 aliphatic carbocycles. The van der Waals surface area contributed by atoms with E-state index in [1.165, 1.54) is 18.2 Å². The van der Waals surface area contributed by atoms with Gasteiger partial charge in [0.2, 0.25) is 0 Å². The number of alkyl halides is 3. The Balaban J connectivity index is 2.68. The standard InChI is InChI=1S/C8H5Cl2F3S/c9-6-2-1-5(7(10)3-6)4-14-8(11,12)13/h1-3H,4H2. The van der Waals surface area contributed by atoms with Gasteiger partial charge in [0.1, 0.15) is 0 Å². The second-order valence-electron chi connectivity index (χ2n) is 2.47. The highest BCUT2D eigenvalue weighted by Gasteiger charge is 2.28. The molecule has 6 heteroatoms. The fraction of sp³-hybridized carbons (Fsp3) is 0.250. The molecule has 0 bridgehead atoms. The Morgan fingerprint density at radius 1 is 1.21 bits per heavy atom. The molecule has 14 heavy (non-hydrogen) atoms. The Kier molecular flexibility index (Phi) is 3.98. The van der Waals surface area contributed by atoms with Crippen molar-refractivity contribution in [3.05, 3.63) is 33.8 Å². The molecule has 78 valence electrons. The van der Waals surface area contributed by atoms with Gasteiger partial charge in [-0.2, -0.15) is 13.2 Å². The summed E-state index contributed by atoms with van der Waals surface area (Å²) in [7, 11) is 0. The molecule has 0 nitrogen and oxygen atoms in total. The lowest BCUT2D eigenvalue weighted by molar-refractivity contribution is -0.0329. The number of benzene rings is 1. The van der Waals surface area contributed by atoms with Crippen LogP contribution in [0, 0.1) is 0 Å². The highest BCUT2D eigenvalue weighted by Crippen LogP contribution is 2.35. The molecular weight excluding hydrogens is 256 g/mol. The van der Waals surface area contributed by atoms with Gasteiger partial charge < -0.3 is 0 Å². The maximum Gasteiger partial charge on any atom is 0.442 e. The number of rotatable bonds is 2. The molecule has 0 amide bonds. The van der Waals surface area contributed by atoms with Crippen LogP contribution in [0.3, 0.4) is 0 Å². The van der Waals surface area contributed by atoms with E-state index in [1.807, 2.05) is 0 Å². The van der Waals surface area contributed by atoms with E-state index in [4.69, 9.17) is 23.2 Å². The van der Waals surface area contributed by atoms with Crippen molar-refractivity contribution in [2.24, 2.45) is 0 Å². The molecular formula is C8H5Cl2F3S. The summed E-state index contributed by atoms with van der Waals surface area (Å²) < 4.78 is 35.5. The third kappa shape index (κ3) is 3.98. The first-order chi connectivity index (χ1) is 6.38. The minimum Gasteiger partial charge on any atom is -0.160 e. The predicted octanol–water partition coefficient (Wildman–Crippen LogP) is 4.75. The van der Waals surface area contributed by atoms with E-state index in [-0.39, 0.29) is 22.5 Å². The van der Waals surface area contributed by atoms with Gasteiger partial charge in [0.25, 0.3) is 0 Å². The largest absolute Gasteiger partial charge is 0.442 e. The van der Waals surface area contributed by atoms with E-state index in [2.05, 4.69) is 0 Å². The second-order valence-corrected chi connectivity index (χ2v) is 4.35. The van der Waals surface area contributed by atoms with E-state index in [9.17, 15) is 13.2 Å². The van der Waals surface area contributed by atoms with E-state index in [1.54, 1.807) is 0 Å². The van der Waals surface area contributed by atoms with Gasteiger partial charge in [-0.3, -0.25) is 0 Å². The molecule has 0 spiro atoms. The molecule has 0 aliphatic heterocycles. The Morgan fingerprint density at radius 3 is 2.36 bits per heavy atom. The van der Waals surface area contributed by atoms with Crippen molar-refractivity contribution < 1.29 is 13.2 Å². The number of thioether (sulfide) groups is 1. The lowest BCUT2D eigenvalue weighted by atomic mass is 10.2. The van der Waals surface area contributed by atoms with Gasteiger partial charge in [-0.1, -0.05) is 29.3 Å². The summed E-state index contributed by atoms with van der Waals surface area (Å²) in [6.45, 7) is 0.